The second-order valence-electron chi connectivity index (χ2n) is 5.06. The quantitative estimate of drug-likeness (QED) is 0.912. The van der Waals surface area contributed by atoms with E-state index in [1.165, 1.54) is 6.39 Å². The summed E-state index contributed by atoms with van der Waals surface area (Å²) in [6, 6.07) is 1.85. The number of hydrogen-bond donors (Lipinski definition) is 1. The summed E-state index contributed by atoms with van der Waals surface area (Å²) in [6.07, 6.45) is 6.66. The highest BCUT2D eigenvalue weighted by molar-refractivity contribution is 5.93. The van der Waals surface area contributed by atoms with Crippen LogP contribution in [0.2, 0.25) is 0 Å². The van der Waals surface area contributed by atoms with E-state index in [1.54, 1.807) is 25.4 Å². The number of carbonyl (C=O) groups excluding carboxylic acids is 1. The topological polar surface area (TPSA) is 84.2 Å². The summed E-state index contributed by atoms with van der Waals surface area (Å²) in [7, 11) is 0. The van der Waals surface area contributed by atoms with Crippen LogP contribution in [0.1, 0.15) is 29.1 Å². The van der Waals surface area contributed by atoms with E-state index in [0.29, 0.717) is 23.9 Å². The molecular formula is C14H17N5O2. The molecule has 0 aromatic carbocycles. The number of oxazole rings is 1. The molecule has 2 aromatic heterocycles. The zero-order chi connectivity index (χ0) is 14.7. The smallest absolute Gasteiger partial charge is 0.273 e. The van der Waals surface area contributed by atoms with E-state index in [-0.39, 0.29) is 11.9 Å². The molecule has 1 aliphatic rings. The Morgan fingerprint density at radius 1 is 1.38 bits per heavy atom. The highest BCUT2D eigenvalue weighted by atomic mass is 16.3. The summed E-state index contributed by atoms with van der Waals surface area (Å²) in [5.74, 6) is 1.04. The predicted molar refractivity (Wildman–Crippen MR) is 76.0 cm³/mol. The van der Waals surface area contributed by atoms with E-state index in [2.05, 4.69) is 25.2 Å². The summed E-state index contributed by atoms with van der Waals surface area (Å²) >= 11 is 0. The molecule has 1 atom stereocenters. The average molecular weight is 287 g/mol. The molecule has 2 aromatic rings. The lowest BCUT2D eigenvalue weighted by atomic mass is 10.1. The molecule has 0 unspecified atom stereocenters. The SMILES string of the molecule is Cc1ocnc1C(=O)N[C@H]1CCCN(c2ncccn2)C1. The van der Waals surface area contributed by atoms with Crippen LogP contribution in [0.25, 0.3) is 0 Å². The van der Waals surface area contributed by atoms with Gasteiger partial charge in [0.25, 0.3) is 5.91 Å². The van der Waals surface area contributed by atoms with Crippen molar-refractivity contribution < 1.29 is 9.21 Å². The fraction of sp³-hybridized carbons (Fsp3) is 0.429. The van der Waals surface area contributed by atoms with Gasteiger partial charge in [-0.25, -0.2) is 15.0 Å². The second kappa shape index (κ2) is 5.90. The fourth-order valence-electron chi connectivity index (χ4n) is 2.51. The van der Waals surface area contributed by atoms with E-state index in [1.807, 2.05) is 0 Å². The van der Waals surface area contributed by atoms with Crippen molar-refractivity contribution in [2.45, 2.75) is 25.8 Å². The summed E-state index contributed by atoms with van der Waals surface area (Å²) in [4.78, 5) is 26.7. The van der Waals surface area contributed by atoms with Gasteiger partial charge in [-0.15, -0.1) is 0 Å². The maximum Gasteiger partial charge on any atom is 0.273 e. The molecule has 21 heavy (non-hydrogen) atoms. The van der Waals surface area contributed by atoms with Crippen LogP contribution >= 0.6 is 0 Å². The van der Waals surface area contributed by atoms with Gasteiger partial charge < -0.3 is 14.6 Å². The Hall–Kier alpha value is -2.44. The minimum absolute atomic E-state index is 0.0613. The zero-order valence-electron chi connectivity index (χ0n) is 11.8. The number of piperidine rings is 1. The van der Waals surface area contributed by atoms with Gasteiger partial charge in [0.05, 0.1) is 0 Å². The molecule has 3 heterocycles. The van der Waals surface area contributed by atoms with E-state index in [4.69, 9.17) is 4.42 Å². The summed E-state index contributed by atoms with van der Waals surface area (Å²) in [5.41, 5.74) is 0.350. The first-order valence-electron chi connectivity index (χ1n) is 6.97. The number of amides is 1. The molecule has 1 amide bonds. The van der Waals surface area contributed by atoms with Crippen molar-refractivity contribution in [2.24, 2.45) is 0 Å². The van der Waals surface area contributed by atoms with Crippen LogP contribution in [0.15, 0.2) is 29.3 Å². The van der Waals surface area contributed by atoms with Gasteiger partial charge in [-0.3, -0.25) is 4.79 Å². The van der Waals surface area contributed by atoms with Crippen molar-refractivity contribution in [1.29, 1.82) is 0 Å². The van der Waals surface area contributed by atoms with Gasteiger partial charge >= 0.3 is 0 Å². The third-order valence-electron chi connectivity index (χ3n) is 3.55. The van der Waals surface area contributed by atoms with E-state index in [0.717, 1.165) is 19.4 Å². The van der Waals surface area contributed by atoms with Crippen molar-refractivity contribution in [2.75, 3.05) is 18.0 Å². The van der Waals surface area contributed by atoms with Gasteiger partial charge in [0.15, 0.2) is 12.1 Å². The molecule has 0 saturated carbocycles. The molecule has 0 bridgehead atoms. The molecule has 7 heteroatoms. The van der Waals surface area contributed by atoms with Crippen LogP contribution in [-0.2, 0) is 0 Å². The van der Waals surface area contributed by atoms with Gasteiger partial charge in [-0.1, -0.05) is 0 Å². The van der Waals surface area contributed by atoms with Crippen LogP contribution in [0, 0.1) is 6.92 Å². The Labute approximate surface area is 122 Å². The van der Waals surface area contributed by atoms with Gasteiger partial charge in [-0.2, -0.15) is 0 Å². The van der Waals surface area contributed by atoms with E-state index < -0.39 is 0 Å². The lowest BCUT2D eigenvalue weighted by Gasteiger charge is -2.32. The normalized spacial score (nSPS) is 18.5. The van der Waals surface area contributed by atoms with Crippen molar-refractivity contribution >= 4 is 11.9 Å². The maximum atomic E-state index is 12.2. The highest BCUT2D eigenvalue weighted by Gasteiger charge is 2.24. The van der Waals surface area contributed by atoms with Crippen molar-refractivity contribution in [3.63, 3.8) is 0 Å². The molecular weight excluding hydrogens is 270 g/mol. The van der Waals surface area contributed by atoms with Crippen LogP contribution in [0.3, 0.4) is 0 Å². The summed E-state index contributed by atoms with van der Waals surface area (Å²) < 4.78 is 5.06. The molecule has 1 aliphatic heterocycles. The maximum absolute atomic E-state index is 12.2. The number of aryl methyl sites for hydroxylation is 1. The van der Waals surface area contributed by atoms with Gasteiger partial charge in [0.2, 0.25) is 5.95 Å². The number of nitrogens with zero attached hydrogens (tertiary/aromatic N) is 4. The zero-order valence-corrected chi connectivity index (χ0v) is 11.8. The molecule has 1 N–H and O–H groups in total. The molecule has 110 valence electrons. The van der Waals surface area contributed by atoms with E-state index >= 15 is 0 Å². The number of anilines is 1. The monoisotopic (exact) mass is 287 g/mol. The van der Waals surface area contributed by atoms with Crippen LogP contribution in [0.4, 0.5) is 5.95 Å². The Balaban J connectivity index is 1.64. The fourth-order valence-corrected chi connectivity index (χ4v) is 2.51. The number of nitrogens with one attached hydrogen (secondary N) is 1. The lowest BCUT2D eigenvalue weighted by molar-refractivity contribution is 0.0927. The number of carbonyl (C=O) groups is 1. The van der Waals surface area contributed by atoms with Crippen molar-refractivity contribution in [1.82, 2.24) is 20.3 Å². The Morgan fingerprint density at radius 2 is 2.19 bits per heavy atom. The molecule has 1 fully saturated rings. The summed E-state index contributed by atoms with van der Waals surface area (Å²) in [5, 5.41) is 3.00. The number of aromatic nitrogens is 3. The van der Waals surface area contributed by atoms with Crippen LogP contribution in [0.5, 0.6) is 0 Å². The standard InChI is InChI=1S/C14H17N5O2/c1-10-12(17-9-21-10)13(20)18-11-4-2-7-19(8-11)14-15-5-3-6-16-14/h3,5-6,9,11H,2,4,7-8H2,1H3,(H,18,20)/t11-/m0/s1. The first-order chi connectivity index (χ1) is 10.2. The third-order valence-corrected chi connectivity index (χ3v) is 3.55. The summed E-state index contributed by atoms with van der Waals surface area (Å²) in [6.45, 7) is 3.33. The lowest BCUT2D eigenvalue weighted by Crippen LogP contribution is -2.48. The molecule has 0 aliphatic carbocycles. The Kier molecular flexibility index (Phi) is 3.81. The first-order valence-corrected chi connectivity index (χ1v) is 6.97. The van der Waals surface area contributed by atoms with Crippen molar-refractivity contribution in [3.8, 4) is 0 Å². The molecule has 0 spiro atoms. The largest absolute Gasteiger partial charge is 0.448 e. The van der Waals surface area contributed by atoms with Crippen molar-refractivity contribution in [3.05, 3.63) is 36.3 Å². The highest BCUT2D eigenvalue weighted by Crippen LogP contribution is 2.16. The van der Waals surface area contributed by atoms with E-state index in [9.17, 15) is 4.79 Å². The Morgan fingerprint density at radius 3 is 2.90 bits per heavy atom. The minimum Gasteiger partial charge on any atom is -0.448 e. The third kappa shape index (κ3) is 3.01. The average Bonchev–Trinajstić information content (AvgIpc) is 2.95. The molecule has 0 radical (unpaired) electrons. The van der Waals surface area contributed by atoms with Crippen LogP contribution in [-0.4, -0.2) is 40.0 Å². The van der Waals surface area contributed by atoms with Gasteiger partial charge in [0, 0.05) is 31.5 Å². The second-order valence-corrected chi connectivity index (χ2v) is 5.06. The minimum atomic E-state index is -0.193. The molecule has 1 saturated heterocycles. The predicted octanol–water partition coefficient (Wildman–Crippen LogP) is 1.17. The Bertz CT molecular complexity index is 613. The molecule has 3 rings (SSSR count). The van der Waals surface area contributed by atoms with Gasteiger partial charge in [0.1, 0.15) is 5.76 Å². The number of rotatable bonds is 3. The molecule has 7 nitrogen and oxygen atoms in total. The van der Waals surface area contributed by atoms with Crippen LogP contribution < -0.4 is 10.2 Å². The van der Waals surface area contributed by atoms with Gasteiger partial charge in [-0.05, 0) is 25.8 Å². The first kappa shape index (κ1) is 13.5. The number of hydrogen-bond acceptors (Lipinski definition) is 6.